The van der Waals surface area contributed by atoms with Crippen LogP contribution in [0.25, 0.3) is 22.0 Å². The summed E-state index contributed by atoms with van der Waals surface area (Å²) in [5, 5.41) is 7.36. The molecule has 0 fully saturated rings. The van der Waals surface area contributed by atoms with E-state index in [4.69, 9.17) is 5.73 Å². The highest BCUT2D eigenvalue weighted by Crippen LogP contribution is 2.34. The molecule has 1 atom stereocenters. The first-order valence-electron chi connectivity index (χ1n) is 12.4. The predicted molar refractivity (Wildman–Crippen MR) is 137 cm³/mol. The van der Waals surface area contributed by atoms with E-state index in [0.717, 1.165) is 10.6 Å². The van der Waals surface area contributed by atoms with Crippen molar-refractivity contribution < 1.29 is 44.3 Å². The number of alkyl halides is 8. The van der Waals surface area contributed by atoms with Gasteiger partial charge < -0.3 is 20.4 Å². The Morgan fingerprint density at radius 3 is 2.43 bits per heavy atom. The highest BCUT2D eigenvalue weighted by molar-refractivity contribution is 5.86. The highest BCUT2D eigenvalue weighted by atomic mass is 19.4. The van der Waals surface area contributed by atoms with Crippen LogP contribution in [-0.2, 0) is 23.6 Å². The number of nitrogens with one attached hydrogen (secondary N) is 2. The van der Waals surface area contributed by atoms with E-state index < -0.39 is 71.3 Å². The molecule has 4 N–H and O–H groups in total. The summed E-state index contributed by atoms with van der Waals surface area (Å²) in [4.78, 5) is 31.5. The molecule has 0 aliphatic carbocycles. The summed E-state index contributed by atoms with van der Waals surface area (Å²) in [6.45, 7) is -4.10. The molecule has 3 heterocycles. The van der Waals surface area contributed by atoms with Crippen molar-refractivity contribution in [1.29, 1.82) is 0 Å². The number of aromatic nitrogens is 5. The molecule has 0 saturated carbocycles. The van der Waals surface area contributed by atoms with Crippen LogP contribution in [0.15, 0.2) is 46.4 Å². The molecular weight excluding hydrogens is 617 g/mol. The second-order valence-corrected chi connectivity index (χ2v) is 9.28. The Bertz CT molecular complexity index is 1770. The molecule has 1 aromatic carbocycles. The summed E-state index contributed by atoms with van der Waals surface area (Å²) in [5.74, 6) is -1.98. The molecule has 3 aromatic heterocycles. The van der Waals surface area contributed by atoms with Gasteiger partial charge in [-0.15, -0.1) is 0 Å². The van der Waals surface area contributed by atoms with E-state index in [0.29, 0.717) is 12.4 Å². The maximum Gasteiger partial charge on any atom is 0.437 e. The zero-order valence-corrected chi connectivity index (χ0v) is 21.9. The Hall–Kier alpha value is -4.68. The van der Waals surface area contributed by atoms with Crippen LogP contribution in [0.3, 0.4) is 0 Å². The number of nitrogens with two attached hydrogens (primary N) is 1. The number of aryl methyl sites for hydroxylation is 1. The summed E-state index contributed by atoms with van der Waals surface area (Å²) >= 11 is 0. The molecule has 0 saturated heterocycles. The van der Waals surface area contributed by atoms with E-state index in [1.54, 1.807) is 5.10 Å². The van der Waals surface area contributed by atoms with Crippen LogP contribution in [0.2, 0.25) is 0 Å². The van der Waals surface area contributed by atoms with Gasteiger partial charge in [-0.25, -0.2) is 19.5 Å². The Morgan fingerprint density at radius 2 is 1.80 bits per heavy atom. The van der Waals surface area contributed by atoms with Crippen molar-refractivity contribution in [2.75, 3.05) is 17.7 Å². The number of nitrogen functional groups attached to an aromatic ring is 1. The fourth-order valence-electron chi connectivity index (χ4n) is 4.33. The van der Waals surface area contributed by atoms with Crippen molar-refractivity contribution in [1.82, 2.24) is 24.7 Å². The minimum absolute atomic E-state index is 0.0225. The molecule has 0 radical (unpaired) electrons. The van der Waals surface area contributed by atoms with Gasteiger partial charge in [0.15, 0.2) is 11.5 Å². The first-order valence-corrected chi connectivity index (χ1v) is 12.4. The maximum atomic E-state index is 15.0. The minimum Gasteiger partial charge on any atom is -0.382 e. The van der Waals surface area contributed by atoms with Gasteiger partial charge in [-0.3, -0.25) is 9.59 Å². The van der Waals surface area contributed by atoms with E-state index in [2.05, 4.69) is 25.1 Å². The minimum atomic E-state index is -5.09. The van der Waals surface area contributed by atoms with E-state index >= 15 is 0 Å². The molecule has 19 heteroatoms. The quantitative estimate of drug-likeness (QED) is 0.211. The van der Waals surface area contributed by atoms with Gasteiger partial charge in [0.2, 0.25) is 0 Å². The zero-order valence-electron chi connectivity index (χ0n) is 21.9. The number of ether oxygens (including phenoxy) is 1. The third kappa shape index (κ3) is 7.26. The van der Waals surface area contributed by atoms with Crippen molar-refractivity contribution in [3.63, 3.8) is 0 Å². The van der Waals surface area contributed by atoms with E-state index in [9.17, 15) is 49.1 Å². The Kier molecular flexibility index (Phi) is 9.17. The fourth-order valence-corrected chi connectivity index (χ4v) is 4.33. The predicted octanol–water partition coefficient (Wildman–Crippen LogP) is 4.80. The smallest absolute Gasteiger partial charge is 0.382 e. The van der Waals surface area contributed by atoms with Crippen molar-refractivity contribution in [3.8, 4) is 11.3 Å². The third-order valence-corrected chi connectivity index (χ3v) is 6.28. The number of hydrogen-bond donors (Lipinski definition) is 3. The Labute approximate surface area is 239 Å². The van der Waals surface area contributed by atoms with E-state index in [1.807, 2.05) is 0 Å². The van der Waals surface area contributed by atoms with Gasteiger partial charge in [0.1, 0.15) is 11.4 Å². The summed E-state index contributed by atoms with van der Waals surface area (Å²) in [6, 6.07) is 2.23. The molecule has 4 rings (SSSR count). The lowest BCUT2D eigenvalue weighted by Gasteiger charge is -2.22. The number of pyridine rings is 1. The molecule has 44 heavy (non-hydrogen) atoms. The number of rotatable bonds is 10. The van der Waals surface area contributed by atoms with Crippen LogP contribution in [0, 0.1) is 5.82 Å². The molecule has 236 valence electrons. The van der Waals surface area contributed by atoms with Gasteiger partial charge in [-0.2, -0.15) is 40.2 Å². The SMILES string of the molecule is Nc1nc(-c2cc3ccn(CCC[C@H](COC(F)F)Nc4cn[nH]c(=O)c4C(F)(F)F)c(=O)c3cc2F)cnc1C(F)(F)F. The second-order valence-electron chi connectivity index (χ2n) is 9.28. The highest BCUT2D eigenvalue weighted by Gasteiger charge is 2.38. The number of nitrogens with zero attached hydrogens (tertiary/aromatic N) is 4. The number of fused-ring (bicyclic) bond motifs is 1. The van der Waals surface area contributed by atoms with Crippen molar-refractivity contribution >= 4 is 22.3 Å². The van der Waals surface area contributed by atoms with Crippen LogP contribution in [0.4, 0.5) is 51.0 Å². The molecule has 0 bridgehead atoms. The lowest BCUT2D eigenvalue weighted by Crippen LogP contribution is -2.32. The van der Waals surface area contributed by atoms with Gasteiger partial charge >= 0.3 is 19.0 Å². The van der Waals surface area contributed by atoms with Gasteiger partial charge in [0, 0.05) is 24.3 Å². The second kappa shape index (κ2) is 12.5. The first kappa shape index (κ1) is 32.2. The first-order chi connectivity index (χ1) is 20.6. The van der Waals surface area contributed by atoms with Gasteiger partial charge in [0.25, 0.3) is 11.1 Å². The Balaban J connectivity index is 1.54. The molecule has 0 aliphatic heterocycles. The number of anilines is 2. The number of H-pyrrole nitrogens is 1. The number of hydrogen-bond acceptors (Lipinski definition) is 8. The molecule has 10 nitrogen and oxygen atoms in total. The van der Waals surface area contributed by atoms with Crippen LogP contribution in [0.5, 0.6) is 0 Å². The Morgan fingerprint density at radius 1 is 1.07 bits per heavy atom. The average molecular weight is 637 g/mol. The van der Waals surface area contributed by atoms with Crippen molar-refractivity contribution in [2.45, 2.75) is 44.4 Å². The number of benzene rings is 1. The van der Waals surface area contributed by atoms with E-state index in [1.165, 1.54) is 18.3 Å². The molecule has 0 aliphatic rings. The summed E-state index contributed by atoms with van der Waals surface area (Å²) in [6.07, 6.45) is -7.41. The summed E-state index contributed by atoms with van der Waals surface area (Å²) in [7, 11) is 0. The zero-order chi connectivity index (χ0) is 32.4. The van der Waals surface area contributed by atoms with Crippen LogP contribution in [-0.4, -0.2) is 44.0 Å². The van der Waals surface area contributed by atoms with Crippen LogP contribution >= 0.6 is 0 Å². The summed E-state index contributed by atoms with van der Waals surface area (Å²) in [5.41, 5.74) is -1.33. The van der Waals surface area contributed by atoms with Gasteiger partial charge in [0.05, 0.1) is 35.8 Å². The average Bonchev–Trinajstić information content (AvgIpc) is 2.91. The van der Waals surface area contributed by atoms with Crippen molar-refractivity contribution in [3.05, 3.63) is 74.6 Å². The normalized spacial score (nSPS) is 13.0. The topological polar surface area (TPSA) is 141 Å². The molecule has 0 amide bonds. The van der Waals surface area contributed by atoms with E-state index in [-0.39, 0.29) is 41.4 Å². The number of halogens is 9. The monoisotopic (exact) mass is 637 g/mol. The molecular formula is C25H20F9N7O3. The molecule has 0 spiro atoms. The summed E-state index contributed by atoms with van der Waals surface area (Å²) < 4.78 is 125. The number of aromatic amines is 1. The van der Waals surface area contributed by atoms with Crippen LogP contribution in [0.1, 0.15) is 24.1 Å². The standard InChI is InChI=1S/C25H20F9N7O3/c26-15-7-13-11(6-14(15)16-8-36-19(20(35)39-16)25(32,33)34)3-5-41(22(13)43)4-1-2-12(10-44-23(27)28)38-17-9-37-40-21(42)18(17)24(29,30)31/h3,5-9,12,23H,1-2,4,10H2,(H2,35,39)(H2,38,40,42)/t12-/m1/s1. The molecule has 0 unspecified atom stereocenters. The molecule has 4 aromatic rings. The maximum absolute atomic E-state index is 15.0. The lowest BCUT2D eigenvalue weighted by atomic mass is 10.1. The van der Waals surface area contributed by atoms with Gasteiger partial charge in [-0.1, -0.05) is 0 Å². The van der Waals surface area contributed by atoms with Crippen LogP contribution < -0.4 is 22.2 Å². The fraction of sp³-hybridized carbons (Fsp3) is 0.320. The largest absolute Gasteiger partial charge is 0.437 e. The third-order valence-electron chi connectivity index (χ3n) is 6.28. The lowest BCUT2D eigenvalue weighted by molar-refractivity contribution is -0.140. The van der Waals surface area contributed by atoms with Crippen molar-refractivity contribution in [2.24, 2.45) is 0 Å². The van der Waals surface area contributed by atoms with Gasteiger partial charge in [-0.05, 0) is 36.4 Å².